The van der Waals surface area contributed by atoms with Gasteiger partial charge in [0.25, 0.3) is 5.91 Å². The zero-order valence-electron chi connectivity index (χ0n) is 16.5. The molecule has 1 aromatic rings. The minimum absolute atomic E-state index is 0.0129. The number of aliphatic imine (C=N–C) groups is 1. The molecule has 0 bridgehead atoms. The number of anilines is 1. The monoisotopic (exact) mass is 393 g/mol. The summed E-state index contributed by atoms with van der Waals surface area (Å²) in [5.41, 5.74) is 4.03. The van der Waals surface area contributed by atoms with Gasteiger partial charge in [-0.25, -0.2) is 0 Å². The van der Waals surface area contributed by atoms with E-state index in [9.17, 15) is 4.79 Å². The third-order valence-corrected chi connectivity index (χ3v) is 6.01. The second-order valence-electron chi connectivity index (χ2n) is 8.38. The van der Waals surface area contributed by atoms with E-state index in [0.717, 1.165) is 23.9 Å². The lowest BCUT2D eigenvalue weighted by molar-refractivity contribution is -0.116. The topological polar surface area (TPSA) is 89.8 Å². The molecule has 7 heteroatoms. The molecule has 29 heavy (non-hydrogen) atoms. The zero-order chi connectivity index (χ0) is 19.8. The van der Waals surface area contributed by atoms with Gasteiger partial charge in [-0.05, 0) is 61.1 Å². The van der Waals surface area contributed by atoms with Crippen molar-refractivity contribution in [3.8, 4) is 0 Å². The van der Waals surface area contributed by atoms with Crippen molar-refractivity contribution in [3.63, 3.8) is 0 Å². The summed E-state index contributed by atoms with van der Waals surface area (Å²) in [4.78, 5) is 18.9. The van der Waals surface area contributed by atoms with Gasteiger partial charge >= 0.3 is 0 Å². The van der Waals surface area contributed by atoms with E-state index in [1.807, 2.05) is 4.90 Å². The van der Waals surface area contributed by atoms with Gasteiger partial charge in [0.2, 0.25) is 5.96 Å². The lowest BCUT2D eigenvalue weighted by Gasteiger charge is -2.31. The molecule has 0 atom stereocenters. The summed E-state index contributed by atoms with van der Waals surface area (Å²) in [6.45, 7) is 2.54. The average Bonchev–Trinajstić information content (AvgIpc) is 3.63. The first kappa shape index (κ1) is 18.4. The van der Waals surface area contributed by atoms with Crippen LogP contribution in [0.1, 0.15) is 42.7 Å². The molecule has 1 aromatic carbocycles. The fourth-order valence-electron chi connectivity index (χ4n) is 3.91. The maximum absolute atomic E-state index is 12.6. The molecule has 2 heterocycles. The highest BCUT2D eigenvalue weighted by atomic mass is 16.5. The summed E-state index contributed by atoms with van der Waals surface area (Å²) in [5.74, 6) is 1.65. The van der Waals surface area contributed by atoms with Crippen LogP contribution in [0.25, 0.3) is 0 Å². The van der Waals surface area contributed by atoms with Crippen LogP contribution in [0.4, 0.5) is 5.69 Å². The van der Waals surface area contributed by atoms with Crippen molar-refractivity contribution in [2.24, 2.45) is 10.9 Å². The first-order chi connectivity index (χ1) is 14.2. The van der Waals surface area contributed by atoms with Crippen molar-refractivity contribution in [3.05, 3.63) is 41.1 Å². The maximum Gasteiger partial charge on any atom is 0.263 e. The second kappa shape index (κ2) is 7.63. The molecule has 0 radical (unpaired) electrons. The minimum Gasteiger partial charge on any atom is -0.378 e. The Kier molecular flexibility index (Phi) is 4.83. The number of carbonyl (C=O) groups is 1. The Morgan fingerprint density at radius 1 is 1.24 bits per heavy atom. The molecule has 2 aliphatic heterocycles. The number of carbonyl (C=O) groups excluding carboxylic acids is 1. The predicted octanol–water partition coefficient (Wildman–Crippen LogP) is 2.61. The zero-order valence-corrected chi connectivity index (χ0v) is 16.5. The van der Waals surface area contributed by atoms with Gasteiger partial charge in [0.05, 0.1) is 18.8 Å². The molecule has 3 N–H and O–H groups in total. The number of amides is 1. The third-order valence-electron chi connectivity index (χ3n) is 6.01. The van der Waals surface area contributed by atoms with E-state index >= 15 is 0 Å². The molecule has 0 unspecified atom stereocenters. The van der Waals surface area contributed by atoms with Crippen LogP contribution < -0.4 is 10.6 Å². The van der Waals surface area contributed by atoms with E-state index in [1.54, 1.807) is 6.20 Å². The third kappa shape index (κ3) is 4.19. The Morgan fingerprint density at radius 2 is 2.03 bits per heavy atom. The Bertz CT molecular complexity index is 892. The first-order valence-corrected chi connectivity index (χ1v) is 10.6. The number of morpholine rings is 1. The van der Waals surface area contributed by atoms with Crippen LogP contribution >= 0.6 is 0 Å². The number of rotatable bonds is 5. The molecule has 4 aliphatic rings. The lowest BCUT2D eigenvalue weighted by atomic mass is 10.0. The van der Waals surface area contributed by atoms with Crippen LogP contribution in [0, 0.1) is 11.3 Å². The minimum atomic E-state index is -0.294. The normalized spacial score (nSPS) is 23.8. The fraction of sp³-hybridized carbons (Fsp3) is 0.500. The molecule has 0 spiro atoms. The number of ether oxygens (including phenoxy) is 1. The summed E-state index contributed by atoms with van der Waals surface area (Å²) >= 11 is 0. The van der Waals surface area contributed by atoms with Gasteiger partial charge in [0, 0.05) is 25.0 Å². The van der Waals surface area contributed by atoms with Gasteiger partial charge < -0.3 is 15.0 Å². The largest absolute Gasteiger partial charge is 0.378 e. The van der Waals surface area contributed by atoms with E-state index in [2.05, 4.69) is 33.8 Å². The van der Waals surface area contributed by atoms with Crippen molar-refractivity contribution in [1.29, 1.82) is 5.41 Å². The van der Waals surface area contributed by atoms with Crippen LogP contribution in [0.2, 0.25) is 0 Å². The van der Waals surface area contributed by atoms with Gasteiger partial charge in [0.1, 0.15) is 0 Å². The molecule has 3 fully saturated rings. The van der Waals surface area contributed by atoms with E-state index in [-0.39, 0.29) is 17.3 Å². The summed E-state index contributed by atoms with van der Waals surface area (Å²) in [6, 6.07) is 6.64. The second-order valence-corrected chi connectivity index (χ2v) is 8.38. The Labute approximate surface area is 170 Å². The van der Waals surface area contributed by atoms with Gasteiger partial charge in [-0.1, -0.05) is 12.1 Å². The smallest absolute Gasteiger partial charge is 0.263 e. The average molecular weight is 393 g/mol. The van der Waals surface area contributed by atoms with Gasteiger partial charge in [-0.2, -0.15) is 4.99 Å². The Balaban J connectivity index is 1.33. The van der Waals surface area contributed by atoms with Crippen LogP contribution in [-0.4, -0.2) is 48.9 Å². The van der Waals surface area contributed by atoms with E-state index in [4.69, 9.17) is 10.1 Å². The molecule has 5 rings (SSSR count). The standard InChI is InChI=1S/C22H27N5O2/c23-20-18(21(28)26-22(25-20)27-7-9-29-10-8-27)13-24-19-6-5-16(15-3-4-15)12-17(19)11-14-1-2-14/h5-6,12-15,24H,1-4,7-11H2,(H2,23,25,26,28)/b18-13+. The highest BCUT2D eigenvalue weighted by Gasteiger charge is 2.28. The van der Waals surface area contributed by atoms with E-state index < -0.39 is 0 Å². The maximum atomic E-state index is 12.6. The first-order valence-electron chi connectivity index (χ1n) is 10.6. The highest BCUT2D eigenvalue weighted by Crippen LogP contribution is 2.42. The molecule has 1 amide bonds. The Morgan fingerprint density at radius 3 is 2.72 bits per heavy atom. The molecule has 7 nitrogen and oxygen atoms in total. The van der Waals surface area contributed by atoms with Crippen LogP contribution in [-0.2, 0) is 16.0 Å². The van der Waals surface area contributed by atoms with Gasteiger partial charge in [-0.15, -0.1) is 0 Å². The quantitative estimate of drug-likeness (QED) is 0.671. The number of guanidine groups is 1. The van der Waals surface area contributed by atoms with Crippen LogP contribution in [0.15, 0.2) is 35.0 Å². The van der Waals surface area contributed by atoms with Gasteiger partial charge in [0.15, 0.2) is 5.84 Å². The SMILES string of the molecule is N=C1N=C(N2CCOCC2)NC(=O)/C1=C/Nc1ccc(C2CC2)cc1CC1CC1. The summed E-state index contributed by atoms with van der Waals surface area (Å²) in [7, 11) is 0. The predicted molar refractivity (Wildman–Crippen MR) is 112 cm³/mol. The number of benzene rings is 1. The summed E-state index contributed by atoms with van der Waals surface area (Å²) in [5, 5.41) is 14.4. The fourth-order valence-corrected chi connectivity index (χ4v) is 3.91. The molecule has 2 aliphatic carbocycles. The van der Waals surface area contributed by atoms with E-state index in [0.29, 0.717) is 32.3 Å². The number of nitrogens with one attached hydrogen (secondary N) is 3. The molecule has 1 saturated heterocycles. The number of hydrogen-bond donors (Lipinski definition) is 3. The van der Waals surface area contributed by atoms with Crippen molar-refractivity contribution in [2.45, 2.75) is 38.0 Å². The molecule has 2 saturated carbocycles. The van der Waals surface area contributed by atoms with Crippen molar-refractivity contribution >= 4 is 23.4 Å². The Hall–Kier alpha value is -2.67. The number of nitrogens with zero attached hydrogens (tertiary/aromatic N) is 2. The number of amidine groups is 1. The number of hydrogen-bond acceptors (Lipinski definition) is 5. The van der Waals surface area contributed by atoms with Crippen molar-refractivity contribution in [2.75, 3.05) is 31.6 Å². The molecular formula is C22H27N5O2. The lowest BCUT2D eigenvalue weighted by Crippen LogP contribution is -2.52. The summed E-state index contributed by atoms with van der Waals surface area (Å²) in [6.07, 6.45) is 7.90. The molecule has 0 aromatic heterocycles. The van der Waals surface area contributed by atoms with Crippen LogP contribution in [0.5, 0.6) is 0 Å². The molecular weight excluding hydrogens is 366 g/mol. The van der Waals surface area contributed by atoms with E-state index in [1.165, 1.54) is 36.8 Å². The molecule has 152 valence electrons. The van der Waals surface area contributed by atoms with Crippen molar-refractivity contribution in [1.82, 2.24) is 10.2 Å². The summed E-state index contributed by atoms with van der Waals surface area (Å²) < 4.78 is 5.34. The van der Waals surface area contributed by atoms with Crippen molar-refractivity contribution < 1.29 is 9.53 Å². The highest BCUT2D eigenvalue weighted by molar-refractivity contribution is 6.28. The van der Waals surface area contributed by atoms with Crippen LogP contribution in [0.3, 0.4) is 0 Å². The van der Waals surface area contributed by atoms with Gasteiger partial charge in [-0.3, -0.25) is 15.5 Å².